The number of amides is 1. The predicted octanol–water partition coefficient (Wildman–Crippen LogP) is 5.05. The SMILES string of the molecule is CC(C)C[C@@](C)(COc1ccc(I)nc1Cl)NC(=O)OC(C)(C)C. The number of nitrogens with one attached hydrogen (secondary N) is 1. The van der Waals surface area contributed by atoms with Crippen LogP contribution in [-0.4, -0.2) is 28.8 Å². The molecule has 0 aliphatic heterocycles. The van der Waals surface area contributed by atoms with Crippen LogP contribution in [0, 0.1) is 9.62 Å². The van der Waals surface area contributed by atoms with Gasteiger partial charge >= 0.3 is 6.09 Å². The molecular formula is C17H26ClIN2O3. The Morgan fingerprint density at radius 1 is 1.33 bits per heavy atom. The molecule has 0 aromatic carbocycles. The monoisotopic (exact) mass is 468 g/mol. The lowest BCUT2D eigenvalue weighted by molar-refractivity contribution is 0.0408. The Bertz CT molecular complexity index is 575. The molecule has 0 spiro atoms. The van der Waals surface area contributed by atoms with Gasteiger partial charge < -0.3 is 14.8 Å². The van der Waals surface area contributed by atoms with Crippen molar-refractivity contribution in [2.24, 2.45) is 5.92 Å². The number of halogens is 2. The van der Waals surface area contributed by atoms with E-state index in [1.807, 2.05) is 33.8 Å². The van der Waals surface area contributed by atoms with Crippen molar-refractivity contribution >= 4 is 40.3 Å². The minimum absolute atomic E-state index is 0.270. The van der Waals surface area contributed by atoms with Crippen molar-refractivity contribution in [3.8, 4) is 5.75 Å². The Morgan fingerprint density at radius 2 is 1.96 bits per heavy atom. The fourth-order valence-corrected chi connectivity index (χ4v) is 3.11. The highest BCUT2D eigenvalue weighted by Gasteiger charge is 2.31. The number of ether oxygens (including phenoxy) is 2. The summed E-state index contributed by atoms with van der Waals surface area (Å²) in [6.07, 6.45) is 0.280. The number of carbonyl (C=O) groups excluding carboxylic acids is 1. The number of alkyl carbamates (subject to hydrolysis) is 1. The highest BCUT2D eigenvalue weighted by Crippen LogP contribution is 2.25. The summed E-state index contributed by atoms with van der Waals surface area (Å²) in [5, 5.41) is 3.24. The highest BCUT2D eigenvalue weighted by atomic mass is 127. The molecular weight excluding hydrogens is 443 g/mol. The van der Waals surface area contributed by atoms with Crippen LogP contribution in [0.4, 0.5) is 4.79 Å². The molecule has 0 bridgehead atoms. The Balaban J connectivity index is 2.81. The van der Waals surface area contributed by atoms with E-state index < -0.39 is 17.2 Å². The smallest absolute Gasteiger partial charge is 0.408 e. The van der Waals surface area contributed by atoms with Gasteiger partial charge in [0.15, 0.2) is 10.9 Å². The average molecular weight is 469 g/mol. The molecule has 1 aromatic rings. The molecule has 0 saturated heterocycles. The van der Waals surface area contributed by atoms with E-state index in [1.165, 1.54) is 0 Å². The zero-order chi connectivity index (χ0) is 18.5. The van der Waals surface area contributed by atoms with Crippen molar-refractivity contribution in [3.05, 3.63) is 21.0 Å². The molecule has 1 atom stereocenters. The third-order valence-corrected chi connectivity index (χ3v) is 3.86. The van der Waals surface area contributed by atoms with E-state index in [0.717, 1.165) is 10.1 Å². The van der Waals surface area contributed by atoms with Crippen LogP contribution >= 0.6 is 34.2 Å². The minimum Gasteiger partial charge on any atom is -0.488 e. The molecule has 136 valence electrons. The molecule has 0 fully saturated rings. The maximum Gasteiger partial charge on any atom is 0.408 e. The van der Waals surface area contributed by atoms with Crippen LogP contribution in [0.5, 0.6) is 5.75 Å². The van der Waals surface area contributed by atoms with E-state index in [1.54, 1.807) is 6.07 Å². The minimum atomic E-state index is -0.581. The lowest BCUT2D eigenvalue weighted by Gasteiger charge is -2.33. The molecule has 1 heterocycles. The molecule has 0 aliphatic rings. The summed E-state index contributed by atoms with van der Waals surface area (Å²) in [6, 6.07) is 3.60. The van der Waals surface area contributed by atoms with Crippen molar-refractivity contribution in [2.45, 2.75) is 59.1 Å². The largest absolute Gasteiger partial charge is 0.488 e. The van der Waals surface area contributed by atoms with Crippen LogP contribution in [0.15, 0.2) is 12.1 Å². The normalized spacial score (nSPS) is 14.2. The number of hydrogen-bond donors (Lipinski definition) is 1. The first kappa shape index (κ1) is 21.3. The van der Waals surface area contributed by atoms with Crippen LogP contribution < -0.4 is 10.1 Å². The number of nitrogens with zero attached hydrogens (tertiary/aromatic N) is 1. The van der Waals surface area contributed by atoms with Gasteiger partial charge in [0.1, 0.15) is 15.9 Å². The van der Waals surface area contributed by atoms with Gasteiger partial charge in [-0.25, -0.2) is 9.78 Å². The van der Waals surface area contributed by atoms with Crippen LogP contribution in [0.1, 0.15) is 48.0 Å². The van der Waals surface area contributed by atoms with Crippen molar-refractivity contribution in [3.63, 3.8) is 0 Å². The van der Waals surface area contributed by atoms with E-state index in [2.05, 4.69) is 46.7 Å². The van der Waals surface area contributed by atoms with Gasteiger partial charge in [-0.1, -0.05) is 25.4 Å². The lowest BCUT2D eigenvalue weighted by atomic mass is 9.91. The van der Waals surface area contributed by atoms with E-state index >= 15 is 0 Å². The Hall–Kier alpha value is -0.760. The van der Waals surface area contributed by atoms with Crippen LogP contribution in [0.25, 0.3) is 0 Å². The molecule has 0 radical (unpaired) electrons. The number of hydrogen-bond acceptors (Lipinski definition) is 4. The summed E-state index contributed by atoms with van der Waals surface area (Å²) in [4.78, 5) is 16.3. The predicted molar refractivity (Wildman–Crippen MR) is 105 cm³/mol. The van der Waals surface area contributed by atoms with E-state index in [-0.39, 0.29) is 6.61 Å². The molecule has 24 heavy (non-hydrogen) atoms. The number of aromatic nitrogens is 1. The Labute approximate surface area is 163 Å². The molecule has 1 rings (SSSR count). The van der Waals surface area contributed by atoms with Crippen LogP contribution in [-0.2, 0) is 4.74 Å². The summed E-state index contributed by atoms with van der Waals surface area (Å²) in [5.41, 5.74) is -1.13. The topological polar surface area (TPSA) is 60.5 Å². The van der Waals surface area contributed by atoms with Crippen molar-refractivity contribution in [1.29, 1.82) is 0 Å². The highest BCUT2D eigenvalue weighted by molar-refractivity contribution is 14.1. The molecule has 1 N–H and O–H groups in total. The molecule has 7 heteroatoms. The van der Waals surface area contributed by atoms with Gasteiger partial charge in [-0.2, -0.15) is 0 Å². The fourth-order valence-electron chi connectivity index (χ4n) is 2.34. The standard InChI is InChI=1S/C17H26ClIN2O3/c1-11(2)9-17(6,21-15(22)24-16(3,4)5)10-23-12-7-8-13(19)20-14(12)18/h7-8,11H,9-10H2,1-6H3,(H,21,22)/t17-/m0/s1. The number of pyridine rings is 1. The molecule has 0 saturated carbocycles. The molecule has 1 aromatic heterocycles. The van der Waals surface area contributed by atoms with Gasteiger partial charge in [0.05, 0.1) is 5.54 Å². The molecule has 5 nitrogen and oxygen atoms in total. The van der Waals surface area contributed by atoms with Crippen LogP contribution in [0.2, 0.25) is 5.15 Å². The van der Waals surface area contributed by atoms with Crippen molar-refractivity contribution < 1.29 is 14.3 Å². The van der Waals surface area contributed by atoms with E-state index in [0.29, 0.717) is 16.8 Å². The third-order valence-electron chi connectivity index (χ3n) is 2.99. The maximum atomic E-state index is 12.2. The molecule has 0 aliphatic carbocycles. The van der Waals surface area contributed by atoms with Gasteiger partial charge in [0.2, 0.25) is 0 Å². The zero-order valence-electron chi connectivity index (χ0n) is 15.1. The zero-order valence-corrected chi connectivity index (χ0v) is 18.0. The second-order valence-electron chi connectivity index (χ2n) is 7.50. The van der Waals surface area contributed by atoms with E-state index in [4.69, 9.17) is 21.1 Å². The van der Waals surface area contributed by atoms with Gasteiger partial charge in [-0.15, -0.1) is 0 Å². The first-order valence-corrected chi connectivity index (χ1v) is 9.32. The Kier molecular flexibility index (Phi) is 7.59. The average Bonchev–Trinajstić information content (AvgIpc) is 2.33. The van der Waals surface area contributed by atoms with Crippen molar-refractivity contribution in [1.82, 2.24) is 10.3 Å². The lowest BCUT2D eigenvalue weighted by Crippen LogP contribution is -2.52. The second-order valence-corrected chi connectivity index (χ2v) is 8.96. The summed E-state index contributed by atoms with van der Waals surface area (Å²) >= 11 is 8.19. The van der Waals surface area contributed by atoms with Gasteiger partial charge in [0, 0.05) is 0 Å². The van der Waals surface area contributed by atoms with Crippen LogP contribution in [0.3, 0.4) is 0 Å². The third kappa shape index (κ3) is 7.88. The second kappa shape index (κ2) is 8.56. The summed E-state index contributed by atoms with van der Waals surface area (Å²) < 4.78 is 12.0. The number of rotatable bonds is 6. The summed E-state index contributed by atoms with van der Waals surface area (Å²) in [5.74, 6) is 0.872. The fraction of sp³-hybridized carbons (Fsp3) is 0.647. The van der Waals surface area contributed by atoms with E-state index in [9.17, 15) is 4.79 Å². The first-order chi connectivity index (χ1) is 10.9. The first-order valence-electron chi connectivity index (χ1n) is 7.86. The van der Waals surface area contributed by atoms with Gasteiger partial charge in [-0.3, -0.25) is 0 Å². The summed E-state index contributed by atoms with van der Waals surface area (Å²) in [7, 11) is 0. The van der Waals surface area contributed by atoms with Gasteiger partial charge in [-0.05, 0) is 74.8 Å². The Morgan fingerprint density at radius 3 is 2.46 bits per heavy atom. The quantitative estimate of drug-likeness (QED) is 0.469. The summed E-state index contributed by atoms with van der Waals surface area (Å²) in [6.45, 7) is 11.9. The molecule has 0 unspecified atom stereocenters. The maximum absolute atomic E-state index is 12.2. The molecule has 1 amide bonds. The van der Waals surface area contributed by atoms with Gasteiger partial charge in [0.25, 0.3) is 0 Å². The number of carbonyl (C=O) groups is 1. The van der Waals surface area contributed by atoms with Crippen molar-refractivity contribution in [2.75, 3.05) is 6.61 Å².